The summed E-state index contributed by atoms with van der Waals surface area (Å²) in [5.41, 5.74) is 6.25. The molecule has 1 heterocycles. The lowest BCUT2D eigenvalue weighted by atomic mass is 10.1. The van der Waals surface area contributed by atoms with Crippen molar-refractivity contribution in [1.82, 2.24) is 4.57 Å². The molecule has 0 radical (unpaired) electrons. The Labute approximate surface area is 109 Å². The van der Waals surface area contributed by atoms with Crippen LogP contribution < -0.4 is 11.3 Å². The van der Waals surface area contributed by atoms with E-state index in [4.69, 9.17) is 10.5 Å². The number of nitrogen functional groups attached to an aromatic ring is 1. The van der Waals surface area contributed by atoms with Gasteiger partial charge in [-0.05, 0) is 18.4 Å². The summed E-state index contributed by atoms with van der Waals surface area (Å²) in [6.45, 7) is 6.54. The van der Waals surface area contributed by atoms with Gasteiger partial charge in [0, 0.05) is 37.7 Å². The Morgan fingerprint density at radius 1 is 1.33 bits per heavy atom. The van der Waals surface area contributed by atoms with Crippen LogP contribution in [0.2, 0.25) is 0 Å². The first-order valence-electron chi connectivity index (χ1n) is 6.71. The van der Waals surface area contributed by atoms with E-state index in [-0.39, 0.29) is 5.56 Å². The number of rotatable bonds is 8. The van der Waals surface area contributed by atoms with Crippen molar-refractivity contribution in [2.75, 3.05) is 18.9 Å². The van der Waals surface area contributed by atoms with Crippen LogP contribution in [0, 0.1) is 5.92 Å². The molecule has 102 valence electrons. The van der Waals surface area contributed by atoms with Gasteiger partial charge in [-0.25, -0.2) is 0 Å². The zero-order valence-corrected chi connectivity index (χ0v) is 11.4. The summed E-state index contributed by atoms with van der Waals surface area (Å²) < 4.78 is 7.26. The van der Waals surface area contributed by atoms with Crippen molar-refractivity contribution in [2.45, 2.75) is 39.7 Å². The number of nitrogens with two attached hydrogens (primary N) is 1. The lowest BCUT2D eigenvalue weighted by Gasteiger charge is -2.12. The predicted molar refractivity (Wildman–Crippen MR) is 74.6 cm³/mol. The molecule has 0 spiro atoms. The molecule has 0 aliphatic heterocycles. The molecule has 0 aliphatic rings. The van der Waals surface area contributed by atoms with Gasteiger partial charge in [-0.3, -0.25) is 4.79 Å². The van der Waals surface area contributed by atoms with Crippen molar-refractivity contribution in [2.24, 2.45) is 5.92 Å². The monoisotopic (exact) mass is 252 g/mol. The molecule has 0 aromatic carbocycles. The van der Waals surface area contributed by atoms with E-state index in [0.717, 1.165) is 25.9 Å². The summed E-state index contributed by atoms with van der Waals surface area (Å²) in [5, 5.41) is 0. The maximum absolute atomic E-state index is 11.5. The second-order valence-corrected chi connectivity index (χ2v) is 4.61. The van der Waals surface area contributed by atoms with E-state index in [9.17, 15) is 4.79 Å². The SMILES string of the molecule is CCC(CC)COCCCn1cc(N)ccc1=O. The highest BCUT2D eigenvalue weighted by molar-refractivity contribution is 5.33. The Hall–Kier alpha value is -1.29. The van der Waals surface area contributed by atoms with Gasteiger partial charge in [-0.2, -0.15) is 0 Å². The Morgan fingerprint density at radius 2 is 2.06 bits per heavy atom. The third kappa shape index (κ3) is 4.92. The summed E-state index contributed by atoms with van der Waals surface area (Å²) in [7, 11) is 0. The van der Waals surface area contributed by atoms with Crippen LogP contribution in [0.4, 0.5) is 5.69 Å². The minimum absolute atomic E-state index is 0.0100. The molecule has 0 saturated heterocycles. The smallest absolute Gasteiger partial charge is 0.250 e. The minimum Gasteiger partial charge on any atom is -0.398 e. The average molecular weight is 252 g/mol. The van der Waals surface area contributed by atoms with Crippen molar-refractivity contribution in [3.8, 4) is 0 Å². The molecular weight excluding hydrogens is 228 g/mol. The fourth-order valence-electron chi connectivity index (χ4n) is 1.84. The van der Waals surface area contributed by atoms with E-state index in [1.165, 1.54) is 6.07 Å². The average Bonchev–Trinajstić information content (AvgIpc) is 2.38. The number of hydrogen-bond donors (Lipinski definition) is 1. The highest BCUT2D eigenvalue weighted by Crippen LogP contribution is 2.07. The fraction of sp³-hybridized carbons (Fsp3) is 0.643. The first-order valence-corrected chi connectivity index (χ1v) is 6.71. The van der Waals surface area contributed by atoms with E-state index in [1.54, 1.807) is 16.8 Å². The molecule has 0 amide bonds. The molecule has 1 aromatic rings. The van der Waals surface area contributed by atoms with E-state index in [1.807, 2.05) is 0 Å². The number of aromatic nitrogens is 1. The molecule has 18 heavy (non-hydrogen) atoms. The lowest BCUT2D eigenvalue weighted by Crippen LogP contribution is -2.20. The van der Waals surface area contributed by atoms with Crippen molar-refractivity contribution in [3.63, 3.8) is 0 Å². The first-order chi connectivity index (χ1) is 8.67. The first kappa shape index (κ1) is 14.8. The molecule has 4 heteroatoms. The largest absolute Gasteiger partial charge is 0.398 e. The van der Waals surface area contributed by atoms with Crippen LogP contribution in [0.5, 0.6) is 0 Å². The second-order valence-electron chi connectivity index (χ2n) is 4.61. The fourth-order valence-corrected chi connectivity index (χ4v) is 1.84. The quantitative estimate of drug-likeness (QED) is 0.722. The zero-order valence-electron chi connectivity index (χ0n) is 11.4. The van der Waals surface area contributed by atoms with E-state index >= 15 is 0 Å². The topological polar surface area (TPSA) is 57.2 Å². The Morgan fingerprint density at radius 3 is 2.72 bits per heavy atom. The highest BCUT2D eigenvalue weighted by Gasteiger charge is 2.03. The van der Waals surface area contributed by atoms with Crippen LogP contribution in [0.3, 0.4) is 0 Å². The van der Waals surface area contributed by atoms with Crippen LogP contribution in [0.25, 0.3) is 0 Å². The lowest BCUT2D eigenvalue weighted by molar-refractivity contribution is 0.0923. The highest BCUT2D eigenvalue weighted by atomic mass is 16.5. The number of ether oxygens (including phenoxy) is 1. The van der Waals surface area contributed by atoms with Gasteiger partial charge in [0.25, 0.3) is 5.56 Å². The summed E-state index contributed by atoms with van der Waals surface area (Å²) in [6.07, 6.45) is 4.84. The number of aryl methyl sites for hydroxylation is 1. The van der Waals surface area contributed by atoms with Crippen molar-refractivity contribution >= 4 is 5.69 Å². The minimum atomic E-state index is -0.0100. The summed E-state index contributed by atoms with van der Waals surface area (Å²) >= 11 is 0. The number of nitrogens with zero attached hydrogens (tertiary/aromatic N) is 1. The van der Waals surface area contributed by atoms with E-state index in [2.05, 4.69) is 13.8 Å². The third-order valence-electron chi connectivity index (χ3n) is 3.20. The molecule has 0 fully saturated rings. The van der Waals surface area contributed by atoms with Gasteiger partial charge >= 0.3 is 0 Å². The molecule has 2 N–H and O–H groups in total. The van der Waals surface area contributed by atoms with Crippen LogP contribution in [-0.4, -0.2) is 17.8 Å². The van der Waals surface area contributed by atoms with Crippen LogP contribution in [0.1, 0.15) is 33.1 Å². The van der Waals surface area contributed by atoms with E-state index < -0.39 is 0 Å². The van der Waals surface area contributed by atoms with Crippen molar-refractivity contribution in [3.05, 3.63) is 28.7 Å². The van der Waals surface area contributed by atoms with Gasteiger partial charge in [-0.15, -0.1) is 0 Å². The Balaban J connectivity index is 2.25. The normalized spacial score (nSPS) is 11.1. The molecule has 0 unspecified atom stereocenters. The molecule has 4 nitrogen and oxygen atoms in total. The van der Waals surface area contributed by atoms with Gasteiger partial charge in [0.05, 0.1) is 0 Å². The molecule has 0 saturated carbocycles. The summed E-state index contributed by atoms with van der Waals surface area (Å²) in [5.74, 6) is 0.653. The summed E-state index contributed by atoms with van der Waals surface area (Å²) in [6, 6.07) is 3.13. The molecule has 0 aliphatic carbocycles. The standard InChI is InChI=1S/C14H24N2O2/c1-3-12(4-2)11-18-9-5-8-16-10-13(15)6-7-14(16)17/h6-7,10,12H,3-5,8-9,11,15H2,1-2H3. The number of pyridine rings is 1. The third-order valence-corrected chi connectivity index (χ3v) is 3.20. The molecule has 0 bridgehead atoms. The van der Waals surface area contributed by atoms with Crippen molar-refractivity contribution < 1.29 is 4.74 Å². The Bertz CT molecular complexity index is 397. The van der Waals surface area contributed by atoms with Gasteiger partial charge in [0.15, 0.2) is 0 Å². The Kier molecular flexibility index (Phi) is 6.50. The molecule has 1 rings (SSSR count). The van der Waals surface area contributed by atoms with Crippen LogP contribution in [-0.2, 0) is 11.3 Å². The van der Waals surface area contributed by atoms with Crippen LogP contribution >= 0.6 is 0 Å². The van der Waals surface area contributed by atoms with Crippen LogP contribution in [0.15, 0.2) is 23.1 Å². The molecule has 0 atom stereocenters. The second kappa shape index (κ2) is 7.93. The van der Waals surface area contributed by atoms with Gasteiger partial charge in [-0.1, -0.05) is 26.7 Å². The van der Waals surface area contributed by atoms with Gasteiger partial charge in [0.1, 0.15) is 0 Å². The maximum Gasteiger partial charge on any atom is 0.250 e. The van der Waals surface area contributed by atoms with Crippen molar-refractivity contribution in [1.29, 1.82) is 0 Å². The maximum atomic E-state index is 11.5. The van der Waals surface area contributed by atoms with E-state index in [0.29, 0.717) is 24.8 Å². The molecular formula is C14H24N2O2. The summed E-state index contributed by atoms with van der Waals surface area (Å²) in [4.78, 5) is 11.5. The predicted octanol–water partition coefficient (Wildman–Crippen LogP) is 2.27. The number of hydrogen-bond acceptors (Lipinski definition) is 3. The number of anilines is 1. The molecule has 1 aromatic heterocycles. The van der Waals surface area contributed by atoms with Gasteiger partial charge < -0.3 is 15.0 Å². The zero-order chi connectivity index (χ0) is 13.4. The van der Waals surface area contributed by atoms with Gasteiger partial charge in [0.2, 0.25) is 0 Å².